The molecule has 0 unspecified atom stereocenters. The zero-order valence-electron chi connectivity index (χ0n) is 18.7. The summed E-state index contributed by atoms with van der Waals surface area (Å²) in [5.41, 5.74) is 0.652. The van der Waals surface area contributed by atoms with Crippen LogP contribution in [0.25, 0.3) is 0 Å². The standard InChI is InChI=1S/C23H22F3N3O6/c1-31-20-18(32-9-10-34-23(24,25)26)6-5-17(28-20)21(30)29-8-7-22(19(13-29)33-14-35-22)16-4-2-3-15(11-16)12-27/h2-6,11,19H,7-10,13-14H2,1H3/t19-,22-/m1/s1. The van der Waals surface area contributed by atoms with Crippen LogP contribution in [0.2, 0.25) is 0 Å². The minimum absolute atomic E-state index is 0.0389. The number of halogens is 3. The molecule has 2 fully saturated rings. The van der Waals surface area contributed by atoms with Crippen molar-refractivity contribution in [2.75, 3.05) is 40.2 Å². The summed E-state index contributed by atoms with van der Waals surface area (Å²) in [6, 6.07) is 12.1. The highest BCUT2D eigenvalue weighted by Gasteiger charge is 2.51. The van der Waals surface area contributed by atoms with Crippen LogP contribution in [0.5, 0.6) is 11.6 Å². The highest BCUT2D eigenvalue weighted by molar-refractivity contribution is 5.92. The first kappa shape index (κ1) is 24.7. The van der Waals surface area contributed by atoms with E-state index < -0.39 is 24.7 Å². The van der Waals surface area contributed by atoms with Gasteiger partial charge in [-0.2, -0.15) is 5.26 Å². The molecule has 2 saturated heterocycles. The third-order valence-corrected chi connectivity index (χ3v) is 5.86. The lowest BCUT2D eigenvalue weighted by Gasteiger charge is -2.41. The Morgan fingerprint density at radius 2 is 2.14 bits per heavy atom. The number of methoxy groups -OCH3 is 1. The van der Waals surface area contributed by atoms with Crippen molar-refractivity contribution in [1.82, 2.24) is 9.88 Å². The Labute approximate surface area is 198 Å². The summed E-state index contributed by atoms with van der Waals surface area (Å²) < 4.78 is 62.1. The van der Waals surface area contributed by atoms with Gasteiger partial charge in [0.25, 0.3) is 11.8 Å². The molecule has 2 aliphatic rings. The van der Waals surface area contributed by atoms with E-state index in [0.717, 1.165) is 5.56 Å². The quantitative estimate of drug-likeness (QED) is 0.543. The normalized spacial score (nSPS) is 21.8. The van der Waals surface area contributed by atoms with E-state index >= 15 is 0 Å². The molecule has 0 saturated carbocycles. The summed E-state index contributed by atoms with van der Waals surface area (Å²) in [6.45, 7) is -0.423. The van der Waals surface area contributed by atoms with E-state index in [0.29, 0.717) is 18.5 Å². The number of piperidine rings is 1. The van der Waals surface area contributed by atoms with Gasteiger partial charge < -0.3 is 23.8 Å². The lowest BCUT2D eigenvalue weighted by atomic mass is 9.81. The van der Waals surface area contributed by atoms with Crippen LogP contribution in [0.4, 0.5) is 13.2 Å². The van der Waals surface area contributed by atoms with Gasteiger partial charge in [-0.25, -0.2) is 4.98 Å². The molecule has 35 heavy (non-hydrogen) atoms. The average Bonchev–Trinajstić information content (AvgIpc) is 3.30. The van der Waals surface area contributed by atoms with E-state index in [4.69, 9.17) is 18.9 Å². The Morgan fingerprint density at radius 1 is 1.31 bits per heavy atom. The highest BCUT2D eigenvalue weighted by atomic mass is 19.4. The Kier molecular flexibility index (Phi) is 7.11. The summed E-state index contributed by atoms with van der Waals surface area (Å²) in [7, 11) is 1.31. The van der Waals surface area contributed by atoms with Crippen LogP contribution in [0, 0.1) is 11.3 Å². The van der Waals surface area contributed by atoms with Gasteiger partial charge in [0.15, 0.2) is 5.75 Å². The van der Waals surface area contributed by atoms with Crippen LogP contribution in [-0.2, 0) is 19.8 Å². The van der Waals surface area contributed by atoms with Gasteiger partial charge in [-0.15, -0.1) is 13.2 Å². The number of aromatic nitrogens is 1. The molecule has 186 valence electrons. The number of hydrogen-bond donors (Lipinski definition) is 0. The van der Waals surface area contributed by atoms with Crippen molar-refractivity contribution < 1.29 is 41.7 Å². The molecule has 9 nitrogen and oxygen atoms in total. The molecule has 2 atom stereocenters. The number of ether oxygens (including phenoxy) is 5. The Morgan fingerprint density at radius 3 is 2.89 bits per heavy atom. The molecule has 3 heterocycles. The van der Waals surface area contributed by atoms with Crippen molar-refractivity contribution >= 4 is 5.91 Å². The van der Waals surface area contributed by atoms with Gasteiger partial charge in [0.05, 0.1) is 31.9 Å². The summed E-state index contributed by atoms with van der Waals surface area (Å²) in [5.74, 6) is -0.328. The molecular formula is C23H22F3N3O6. The Hall–Kier alpha value is -3.40. The molecule has 1 amide bonds. The molecule has 0 aliphatic carbocycles. The van der Waals surface area contributed by atoms with Gasteiger partial charge in [0, 0.05) is 13.0 Å². The van der Waals surface area contributed by atoms with Crippen molar-refractivity contribution in [2.24, 2.45) is 0 Å². The van der Waals surface area contributed by atoms with E-state index in [1.807, 2.05) is 6.07 Å². The van der Waals surface area contributed by atoms with E-state index in [1.165, 1.54) is 19.2 Å². The number of nitrogens with zero attached hydrogens (tertiary/aromatic N) is 3. The molecule has 1 aromatic carbocycles. The number of hydrogen-bond acceptors (Lipinski definition) is 8. The van der Waals surface area contributed by atoms with Crippen LogP contribution >= 0.6 is 0 Å². The summed E-state index contributed by atoms with van der Waals surface area (Å²) in [5, 5.41) is 9.24. The lowest BCUT2D eigenvalue weighted by Crippen LogP contribution is -2.53. The van der Waals surface area contributed by atoms with Crippen molar-refractivity contribution in [3.8, 4) is 17.7 Å². The van der Waals surface area contributed by atoms with Gasteiger partial charge in [0.2, 0.25) is 0 Å². The van der Waals surface area contributed by atoms with Gasteiger partial charge in [-0.05, 0) is 29.8 Å². The zero-order chi connectivity index (χ0) is 25.1. The number of pyridine rings is 1. The maximum absolute atomic E-state index is 13.2. The Bertz CT molecular complexity index is 1120. The number of carbonyl (C=O) groups excluding carboxylic acids is 1. The summed E-state index contributed by atoms with van der Waals surface area (Å²) in [6.07, 6.45) is -4.73. The number of likely N-dealkylation sites (tertiary alicyclic amines) is 1. The van der Waals surface area contributed by atoms with E-state index in [-0.39, 0.29) is 43.2 Å². The fourth-order valence-electron chi connectivity index (χ4n) is 4.20. The van der Waals surface area contributed by atoms with Crippen LogP contribution in [0.15, 0.2) is 36.4 Å². The second-order valence-corrected chi connectivity index (χ2v) is 7.85. The maximum Gasteiger partial charge on any atom is 0.522 e. The van der Waals surface area contributed by atoms with Gasteiger partial charge in [0.1, 0.15) is 30.8 Å². The van der Waals surface area contributed by atoms with Crippen molar-refractivity contribution in [2.45, 2.75) is 24.5 Å². The molecule has 12 heteroatoms. The molecule has 0 radical (unpaired) electrons. The molecule has 1 aromatic heterocycles. The van der Waals surface area contributed by atoms with E-state index in [9.17, 15) is 23.2 Å². The monoisotopic (exact) mass is 493 g/mol. The number of amides is 1. The zero-order valence-corrected chi connectivity index (χ0v) is 18.7. The first-order valence-electron chi connectivity index (χ1n) is 10.7. The molecule has 0 spiro atoms. The second kappa shape index (κ2) is 10.1. The van der Waals surface area contributed by atoms with Crippen molar-refractivity contribution in [3.05, 3.63) is 53.2 Å². The van der Waals surface area contributed by atoms with Crippen molar-refractivity contribution in [3.63, 3.8) is 0 Å². The van der Waals surface area contributed by atoms with Gasteiger partial charge in [-0.3, -0.25) is 9.53 Å². The maximum atomic E-state index is 13.2. The SMILES string of the molecule is COc1nc(C(=O)N2CC[C@]3(c4cccc(C#N)c4)OCO[C@@H]3C2)ccc1OCCOC(F)(F)F. The largest absolute Gasteiger partial charge is 0.522 e. The van der Waals surface area contributed by atoms with Crippen LogP contribution in [-0.4, -0.2) is 68.5 Å². The van der Waals surface area contributed by atoms with Crippen LogP contribution in [0.3, 0.4) is 0 Å². The number of nitriles is 1. The third-order valence-electron chi connectivity index (χ3n) is 5.86. The lowest BCUT2D eigenvalue weighted by molar-refractivity contribution is -0.325. The fraction of sp³-hybridized carbons (Fsp3) is 0.435. The number of rotatable bonds is 7. The number of benzene rings is 1. The molecule has 2 aliphatic heterocycles. The second-order valence-electron chi connectivity index (χ2n) is 7.85. The molecule has 2 aromatic rings. The van der Waals surface area contributed by atoms with Crippen molar-refractivity contribution in [1.29, 1.82) is 5.26 Å². The topological polar surface area (TPSA) is 103 Å². The molecule has 0 bridgehead atoms. The molecule has 0 N–H and O–H groups in total. The Balaban J connectivity index is 1.44. The van der Waals surface area contributed by atoms with E-state index in [2.05, 4.69) is 15.8 Å². The van der Waals surface area contributed by atoms with E-state index in [1.54, 1.807) is 23.1 Å². The number of alkyl halides is 3. The number of carbonyl (C=O) groups is 1. The van der Waals surface area contributed by atoms with Gasteiger partial charge >= 0.3 is 6.36 Å². The molecular weight excluding hydrogens is 471 g/mol. The summed E-state index contributed by atoms with van der Waals surface area (Å²) in [4.78, 5) is 18.9. The first-order valence-corrected chi connectivity index (χ1v) is 10.7. The first-order chi connectivity index (χ1) is 16.8. The average molecular weight is 493 g/mol. The van der Waals surface area contributed by atoms with Crippen LogP contribution in [0.1, 0.15) is 28.0 Å². The smallest absolute Gasteiger partial charge is 0.486 e. The number of fused-ring (bicyclic) bond motifs is 1. The van der Waals surface area contributed by atoms with Gasteiger partial charge in [-0.1, -0.05) is 12.1 Å². The minimum atomic E-state index is -4.75. The predicted molar refractivity (Wildman–Crippen MR) is 112 cm³/mol. The minimum Gasteiger partial charge on any atom is -0.486 e. The predicted octanol–water partition coefficient (Wildman–Crippen LogP) is 2.99. The highest BCUT2D eigenvalue weighted by Crippen LogP contribution is 2.43. The summed E-state index contributed by atoms with van der Waals surface area (Å²) >= 11 is 0. The fourth-order valence-corrected chi connectivity index (χ4v) is 4.20. The third kappa shape index (κ3) is 5.32. The van der Waals surface area contributed by atoms with Crippen LogP contribution < -0.4 is 9.47 Å². The molecule has 4 rings (SSSR count).